The molecule has 0 unspecified atom stereocenters. The molecule has 0 bridgehead atoms. The van der Waals surface area contributed by atoms with Crippen LogP contribution in [0.15, 0.2) is 17.0 Å². The molecule has 2 rings (SSSR count). The predicted molar refractivity (Wildman–Crippen MR) is 89.8 cm³/mol. The molecule has 130 valence electrons. The van der Waals surface area contributed by atoms with Crippen molar-refractivity contribution in [3.63, 3.8) is 0 Å². The van der Waals surface area contributed by atoms with Crippen molar-refractivity contribution < 1.29 is 17.9 Å². The predicted octanol–water partition coefficient (Wildman–Crippen LogP) is 1.66. The van der Waals surface area contributed by atoms with Crippen LogP contribution in [0, 0.1) is 6.92 Å². The van der Waals surface area contributed by atoms with Gasteiger partial charge in [-0.25, -0.2) is 13.1 Å². The van der Waals surface area contributed by atoms with Gasteiger partial charge in [-0.15, -0.1) is 0 Å². The first-order chi connectivity index (χ1) is 10.9. The van der Waals surface area contributed by atoms with Crippen molar-refractivity contribution in [2.45, 2.75) is 18.7 Å². The molecule has 1 N–H and O–H groups in total. The molecular formula is C15H23ClN2O4S. The molecule has 0 radical (unpaired) electrons. The summed E-state index contributed by atoms with van der Waals surface area (Å²) in [5.41, 5.74) is 0.780. The van der Waals surface area contributed by atoms with E-state index in [1.807, 2.05) is 13.8 Å². The van der Waals surface area contributed by atoms with Crippen molar-refractivity contribution >= 4 is 21.6 Å². The maximum Gasteiger partial charge on any atom is 0.244 e. The van der Waals surface area contributed by atoms with E-state index in [0.29, 0.717) is 43.7 Å². The second kappa shape index (κ2) is 8.30. The number of morpholine rings is 1. The molecule has 1 saturated heterocycles. The summed E-state index contributed by atoms with van der Waals surface area (Å²) in [4.78, 5) is 2.24. The Morgan fingerprint density at radius 1 is 1.35 bits per heavy atom. The number of hydrogen-bond acceptors (Lipinski definition) is 5. The van der Waals surface area contributed by atoms with Crippen LogP contribution in [0.2, 0.25) is 5.02 Å². The van der Waals surface area contributed by atoms with Gasteiger partial charge in [0.1, 0.15) is 10.6 Å². The third-order valence-electron chi connectivity index (χ3n) is 3.64. The second-order valence-electron chi connectivity index (χ2n) is 5.33. The van der Waals surface area contributed by atoms with Gasteiger partial charge >= 0.3 is 0 Å². The summed E-state index contributed by atoms with van der Waals surface area (Å²) in [7, 11) is -3.67. The summed E-state index contributed by atoms with van der Waals surface area (Å²) in [5.74, 6) is 0.327. The third kappa shape index (κ3) is 5.06. The van der Waals surface area contributed by atoms with E-state index in [1.165, 1.54) is 6.07 Å². The van der Waals surface area contributed by atoms with Gasteiger partial charge in [0.15, 0.2) is 0 Å². The summed E-state index contributed by atoms with van der Waals surface area (Å²) in [5, 5.41) is 0.405. The van der Waals surface area contributed by atoms with Gasteiger partial charge in [-0.05, 0) is 31.5 Å². The molecule has 1 aliphatic rings. The van der Waals surface area contributed by atoms with Crippen LogP contribution in [0.3, 0.4) is 0 Å². The smallest absolute Gasteiger partial charge is 0.244 e. The highest BCUT2D eigenvalue weighted by molar-refractivity contribution is 7.89. The molecule has 0 atom stereocenters. The Hall–Kier alpha value is -0.860. The quantitative estimate of drug-likeness (QED) is 0.799. The monoisotopic (exact) mass is 362 g/mol. The van der Waals surface area contributed by atoms with Gasteiger partial charge in [0.05, 0.1) is 19.8 Å². The van der Waals surface area contributed by atoms with Crippen LogP contribution in [-0.2, 0) is 14.8 Å². The van der Waals surface area contributed by atoms with E-state index in [9.17, 15) is 8.42 Å². The largest absolute Gasteiger partial charge is 0.492 e. The number of hydrogen-bond donors (Lipinski definition) is 1. The molecule has 8 heteroatoms. The molecule has 1 aromatic rings. The first-order valence-electron chi connectivity index (χ1n) is 7.66. The maximum absolute atomic E-state index is 12.5. The molecule has 6 nitrogen and oxygen atoms in total. The molecule has 1 fully saturated rings. The Balaban J connectivity index is 2.07. The lowest BCUT2D eigenvalue weighted by atomic mass is 10.2. The van der Waals surface area contributed by atoms with Gasteiger partial charge in [-0.1, -0.05) is 11.6 Å². The van der Waals surface area contributed by atoms with Crippen molar-refractivity contribution in [3.8, 4) is 5.75 Å². The average molecular weight is 363 g/mol. The molecule has 0 spiro atoms. The highest BCUT2D eigenvalue weighted by Crippen LogP contribution is 2.30. The topological polar surface area (TPSA) is 67.9 Å². The van der Waals surface area contributed by atoms with E-state index in [0.717, 1.165) is 18.7 Å². The van der Waals surface area contributed by atoms with Crippen LogP contribution in [0.4, 0.5) is 0 Å². The van der Waals surface area contributed by atoms with Crippen LogP contribution in [0.1, 0.15) is 12.5 Å². The van der Waals surface area contributed by atoms with Gasteiger partial charge in [0.25, 0.3) is 0 Å². The average Bonchev–Trinajstić information content (AvgIpc) is 2.51. The lowest BCUT2D eigenvalue weighted by Gasteiger charge is -2.26. The standard InChI is InChI=1S/C15H23ClN2O4S/c1-3-22-14-10-12(2)13(16)11-15(14)23(19,20)17-4-5-18-6-8-21-9-7-18/h10-11,17H,3-9H2,1-2H3. The maximum atomic E-state index is 12.5. The van der Waals surface area contributed by atoms with E-state index in [1.54, 1.807) is 6.07 Å². The third-order valence-corrected chi connectivity index (χ3v) is 5.53. The Morgan fingerprint density at radius 2 is 2.04 bits per heavy atom. The van der Waals surface area contributed by atoms with E-state index < -0.39 is 10.0 Å². The van der Waals surface area contributed by atoms with Crippen molar-refractivity contribution in [1.29, 1.82) is 0 Å². The number of ether oxygens (including phenoxy) is 2. The number of sulfonamides is 1. The summed E-state index contributed by atoms with van der Waals surface area (Å²) < 4.78 is 38.4. The molecule has 1 heterocycles. The Kier molecular flexibility index (Phi) is 6.67. The van der Waals surface area contributed by atoms with Crippen molar-refractivity contribution in [3.05, 3.63) is 22.7 Å². The number of halogens is 1. The molecule has 23 heavy (non-hydrogen) atoms. The minimum Gasteiger partial charge on any atom is -0.492 e. The van der Waals surface area contributed by atoms with Crippen LogP contribution < -0.4 is 9.46 Å². The van der Waals surface area contributed by atoms with Crippen molar-refractivity contribution in [2.24, 2.45) is 0 Å². The minimum atomic E-state index is -3.67. The first kappa shape index (κ1) is 18.5. The molecule has 1 aliphatic heterocycles. The lowest BCUT2D eigenvalue weighted by Crippen LogP contribution is -2.41. The van der Waals surface area contributed by atoms with Gasteiger partial charge in [0, 0.05) is 31.2 Å². The summed E-state index contributed by atoms with van der Waals surface area (Å²) in [6.07, 6.45) is 0. The van der Waals surface area contributed by atoms with E-state index in [4.69, 9.17) is 21.1 Å². The van der Waals surface area contributed by atoms with Crippen LogP contribution in [0.25, 0.3) is 0 Å². The number of benzene rings is 1. The van der Waals surface area contributed by atoms with E-state index >= 15 is 0 Å². The summed E-state index contributed by atoms with van der Waals surface area (Å²) in [6.45, 7) is 8.01. The Bertz CT molecular complexity index is 631. The number of nitrogens with one attached hydrogen (secondary N) is 1. The molecular weight excluding hydrogens is 340 g/mol. The fourth-order valence-electron chi connectivity index (χ4n) is 2.36. The highest BCUT2D eigenvalue weighted by atomic mass is 35.5. The molecule has 1 aromatic carbocycles. The van der Waals surface area contributed by atoms with Crippen LogP contribution in [-0.4, -0.2) is 59.3 Å². The van der Waals surface area contributed by atoms with Gasteiger partial charge < -0.3 is 9.47 Å². The summed E-state index contributed by atoms with van der Waals surface area (Å²) >= 11 is 6.08. The van der Waals surface area contributed by atoms with Gasteiger partial charge in [-0.3, -0.25) is 4.90 Å². The fraction of sp³-hybridized carbons (Fsp3) is 0.600. The van der Waals surface area contributed by atoms with Gasteiger partial charge in [-0.2, -0.15) is 0 Å². The minimum absolute atomic E-state index is 0.0805. The second-order valence-corrected chi connectivity index (χ2v) is 7.48. The zero-order valence-corrected chi connectivity index (χ0v) is 15.0. The van der Waals surface area contributed by atoms with Crippen molar-refractivity contribution in [1.82, 2.24) is 9.62 Å². The number of rotatable bonds is 7. The zero-order chi connectivity index (χ0) is 16.9. The van der Waals surface area contributed by atoms with E-state index in [-0.39, 0.29) is 4.90 Å². The highest BCUT2D eigenvalue weighted by Gasteiger charge is 2.21. The summed E-state index contributed by atoms with van der Waals surface area (Å²) in [6, 6.07) is 3.10. The number of aryl methyl sites for hydroxylation is 1. The normalized spacial score (nSPS) is 16.5. The zero-order valence-electron chi connectivity index (χ0n) is 13.5. The van der Waals surface area contributed by atoms with Crippen LogP contribution in [0.5, 0.6) is 5.75 Å². The molecule has 0 saturated carbocycles. The number of nitrogens with zero attached hydrogens (tertiary/aromatic N) is 1. The van der Waals surface area contributed by atoms with Gasteiger partial charge in [0.2, 0.25) is 10.0 Å². The molecule has 0 aromatic heterocycles. The Morgan fingerprint density at radius 3 is 2.70 bits per heavy atom. The fourth-order valence-corrected chi connectivity index (χ4v) is 3.76. The lowest BCUT2D eigenvalue weighted by molar-refractivity contribution is 0.0390. The Labute approximate surface area is 142 Å². The first-order valence-corrected chi connectivity index (χ1v) is 9.53. The SMILES string of the molecule is CCOc1cc(C)c(Cl)cc1S(=O)(=O)NCCN1CCOCC1. The van der Waals surface area contributed by atoms with Crippen LogP contribution >= 0.6 is 11.6 Å². The van der Waals surface area contributed by atoms with Crippen molar-refractivity contribution in [2.75, 3.05) is 46.0 Å². The molecule has 0 amide bonds. The molecule has 0 aliphatic carbocycles. The van der Waals surface area contributed by atoms with E-state index in [2.05, 4.69) is 9.62 Å².